The third kappa shape index (κ3) is 3.16. The summed E-state index contributed by atoms with van der Waals surface area (Å²) in [6.45, 7) is 0.761. The van der Waals surface area contributed by atoms with Crippen LogP contribution in [-0.4, -0.2) is 33.0 Å². The molecule has 2 aromatic rings. The summed E-state index contributed by atoms with van der Waals surface area (Å²) in [6, 6.07) is 10.6. The molecule has 0 fully saturated rings. The van der Waals surface area contributed by atoms with Gasteiger partial charge in [0, 0.05) is 25.2 Å². The molecular formula is C16H16FNO4S. The fourth-order valence-electron chi connectivity index (χ4n) is 2.32. The lowest BCUT2D eigenvalue weighted by Crippen LogP contribution is -2.27. The quantitative estimate of drug-likeness (QED) is 0.860. The van der Waals surface area contributed by atoms with Crippen LogP contribution in [-0.2, 0) is 16.6 Å². The maximum atomic E-state index is 13.7. The summed E-state index contributed by atoms with van der Waals surface area (Å²) in [6.07, 6.45) is 0. The molecule has 0 saturated carbocycles. The molecule has 1 aliphatic heterocycles. The van der Waals surface area contributed by atoms with E-state index in [0.29, 0.717) is 30.3 Å². The number of hydrogen-bond acceptors (Lipinski definition) is 4. The van der Waals surface area contributed by atoms with Gasteiger partial charge in [0.2, 0.25) is 10.0 Å². The molecule has 0 N–H and O–H groups in total. The first-order valence-corrected chi connectivity index (χ1v) is 8.52. The van der Waals surface area contributed by atoms with Crippen LogP contribution in [0.3, 0.4) is 0 Å². The molecule has 0 unspecified atom stereocenters. The molecule has 23 heavy (non-hydrogen) atoms. The number of nitrogens with zero attached hydrogens (tertiary/aromatic N) is 1. The van der Waals surface area contributed by atoms with Crippen LogP contribution in [0.15, 0.2) is 47.4 Å². The summed E-state index contributed by atoms with van der Waals surface area (Å²) in [5.74, 6) is 0.486. The fourth-order valence-corrected chi connectivity index (χ4v) is 3.48. The molecule has 0 spiro atoms. The number of halogens is 1. The lowest BCUT2D eigenvalue weighted by atomic mass is 10.2. The second kappa shape index (κ2) is 6.17. The van der Waals surface area contributed by atoms with Crippen LogP contribution < -0.4 is 9.47 Å². The SMILES string of the molecule is CN(Cc1ccccc1F)S(=O)(=O)c1ccc2c(c1)OCCO2. The van der Waals surface area contributed by atoms with Crippen molar-refractivity contribution in [1.29, 1.82) is 0 Å². The average Bonchev–Trinajstić information content (AvgIpc) is 2.56. The molecular weight excluding hydrogens is 321 g/mol. The number of ether oxygens (including phenoxy) is 2. The van der Waals surface area contributed by atoms with Gasteiger partial charge in [-0.05, 0) is 18.2 Å². The van der Waals surface area contributed by atoms with E-state index in [-0.39, 0.29) is 11.4 Å². The first-order valence-electron chi connectivity index (χ1n) is 7.08. The van der Waals surface area contributed by atoms with E-state index >= 15 is 0 Å². The monoisotopic (exact) mass is 337 g/mol. The molecule has 0 radical (unpaired) electrons. The van der Waals surface area contributed by atoms with Crippen LogP contribution in [0, 0.1) is 5.82 Å². The van der Waals surface area contributed by atoms with Crippen LogP contribution >= 0.6 is 0 Å². The highest BCUT2D eigenvalue weighted by atomic mass is 32.2. The Kier molecular flexibility index (Phi) is 4.23. The Labute approximate surface area is 134 Å². The van der Waals surface area contributed by atoms with Gasteiger partial charge in [-0.15, -0.1) is 0 Å². The Morgan fingerprint density at radius 2 is 1.78 bits per heavy atom. The van der Waals surface area contributed by atoms with Crippen LogP contribution in [0.5, 0.6) is 11.5 Å². The normalized spacial score (nSPS) is 14.0. The number of fused-ring (bicyclic) bond motifs is 1. The molecule has 0 saturated heterocycles. The maximum Gasteiger partial charge on any atom is 0.243 e. The van der Waals surface area contributed by atoms with Gasteiger partial charge in [0.05, 0.1) is 4.90 Å². The number of hydrogen-bond donors (Lipinski definition) is 0. The number of rotatable bonds is 4. The summed E-state index contributed by atoms with van der Waals surface area (Å²) < 4.78 is 50.9. The zero-order chi connectivity index (χ0) is 16.4. The van der Waals surface area contributed by atoms with E-state index in [1.54, 1.807) is 24.3 Å². The van der Waals surface area contributed by atoms with Crippen molar-refractivity contribution >= 4 is 10.0 Å². The minimum Gasteiger partial charge on any atom is -0.486 e. The summed E-state index contributed by atoms with van der Waals surface area (Å²) >= 11 is 0. The van der Waals surface area contributed by atoms with Crippen molar-refractivity contribution in [2.24, 2.45) is 0 Å². The number of sulfonamides is 1. The van der Waals surface area contributed by atoms with E-state index < -0.39 is 15.8 Å². The molecule has 0 bridgehead atoms. The Hall–Kier alpha value is -2.12. The zero-order valence-electron chi connectivity index (χ0n) is 12.5. The van der Waals surface area contributed by atoms with Crippen LogP contribution in [0.1, 0.15) is 5.56 Å². The van der Waals surface area contributed by atoms with Crippen molar-refractivity contribution < 1.29 is 22.3 Å². The highest BCUT2D eigenvalue weighted by Crippen LogP contribution is 2.33. The molecule has 7 heteroatoms. The van der Waals surface area contributed by atoms with Gasteiger partial charge in [0.1, 0.15) is 19.0 Å². The Bertz CT molecular complexity index is 823. The first kappa shape index (κ1) is 15.8. The minimum absolute atomic E-state index is 0.0521. The van der Waals surface area contributed by atoms with Gasteiger partial charge in [-0.25, -0.2) is 12.8 Å². The topological polar surface area (TPSA) is 55.8 Å². The number of benzene rings is 2. The van der Waals surface area contributed by atoms with Crippen LogP contribution in [0.25, 0.3) is 0 Å². The Balaban J connectivity index is 1.87. The smallest absolute Gasteiger partial charge is 0.243 e. The highest BCUT2D eigenvalue weighted by Gasteiger charge is 2.24. The van der Waals surface area contributed by atoms with E-state index in [0.717, 1.165) is 4.31 Å². The minimum atomic E-state index is -3.76. The van der Waals surface area contributed by atoms with Gasteiger partial charge in [0.15, 0.2) is 11.5 Å². The standard InChI is InChI=1S/C16H16FNO4S/c1-18(11-12-4-2-3-5-14(12)17)23(19,20)13-6-7-15-16(10-13)22-9-8-21-15/h2-7,10H,8-9,11H2,1H3. The Morgan fingerprint density at radius 3 is 2.52 bits per heavy atom. The third-order valence-electron chi connectivity index (χ3n) is 3.57. The van der Waals surface area contributed by atoms with Gasteiger partial charge >= 0.3 is 0 Å². The summed E-state index contributed by atoms with van der Waals surface area (Å²) in [5.41, 5.74) is 0.316. The van der Waals surface area contributed by atoms with Crippen molar-refractivity contribution in [2.45, 2.75) is 11.4 Å². The molecule has 5 nitrogen and oxygen atoms in total. The third-order valence-corrected chi connectivity index (χ3v) is 5.37. The Morgan fingerprint density at radius 1 is 1.09 bits per heavy atom. The predicted octanol–water partition coefficient (Wildman–Crippen LogP) is 2.42. The summed E-state index contributed by atoms with van der Waals surface area (Å²) in [7, 11) is -2.34. The van der Waals surface area contributed by atoms with Gasteiger partial charge in [0.25, 0.3) is 0 Å². The van der Waals surface area contributed by atoms with E-state index in [1.807, 2.05) is 0 Å². The van der Waals surface area contributed by atoms with E-state index in [1.165, 1.54) is 25.2 Å². The van der Waals surface area contributed by atoms with Crippen molar-refractivity contribution in [3.63, 3.8) is 0 Å². The van der Waals surface area contributed by atoms with E-state index in [9.17, 15) is 12.8 Å². The molecule has 3 rings (SSSR count). The van der Waals surface area contributed by atoms with Gasteiger partial charge in [-0.2, -0.15) is 4.31 Å². The lowest BCUT2D eigenvalue weighted by molar-refractivity contribution is 0.171. The first-order chi connectivity index (χ1) is 11.0. The van der Waals surface area contributed by atoms with E-state index in [4.69, 9.17) is 9.47 Å². The lowest BCUT2D eigenvalue weighted by Gasteiger charge is -2.21. The second-order valence-corrected chi connectivity index (χ2v) is 7.20. The van der Waals surface area contributed by atoms with Crippen molar-refractivity contribution in [3.8, 4) is 11.5 Å². The highest BCUT2D eigenvalue weighted by molar-refractivity contribution is 7.89. The summed E-state index contributed by atoms with van der Waals surface area (Å²) in [5, 5.41) is 0. The van der Waals surface area contributed by atoms with Crippen LogP contribution in [0.2, 0.25) is 0 Å². The second-order valence-electron chi connectivity index (χ2n) is 5.16. The average molecular weight is 337 g/mol. The van der Waals surface area contributed by atoms with Crippen molar-refractivity contribution in [1.82, 2.24) is 4.31 Å². The van der Waals surface area contributed by atoms with E-state index in [2.05, 4.69) is 0 Å². The molecule has 0 aromatic heterocycles. The molecule has 1 aliphatic rings. The van der Waals surface area contributed by atoms with Gasteiger partial charge in [-0.3, -0.25) is 0 Å². The van der Waals surface area contributed by atoms with Gasteiger partial charge < -0.3 is 9.47 Å². The molecule has 122 valence electrons. The molecule has 0 amide bonds. The molecule has 0 aliphatic carbocycles. The molecule has 0 atom stereocenters. The zero-order valence-corrected chi connectivity index (χ0v) is 13.3. The van der Waals surface area contributed by atoms with Crippen molar-refractivity contribution in [2.75, 3.05) is 20.3 Å². The summed E-state index contributed by atoms with van der Waals surface area (Å²) in [4.78, 5) is 0.0839. The molecule has 1 heterocycles. The molecule has 2 aromatic carbocycles. The fraction of sp³-hybridized carbons (Fsp3) is 0.250. The van der Waals surface area contributed by atoms with Gasteiger partial charge in [-0.1, -0.05) is 18.2 Å². The largest absolute Gasteiger partial charge is 0.486 e. The maximum absolute atomic E-state index is 13.7. The van der Waals surface area contributed by atoms with Crippen LogP contribution in [0.4, 0.5) is 4.39 Å². The van der Waals surface area contributed by atoms with Crippen molar-refractivity contribution in [3.05, 3.63) is 53.8 Å². The predicted molar refractivity (Wildman–Crippen MR) is 82.5 cm³/mol.